The van der Waals surface area contributed by atoms with Gasteiger partial charge in [-0.05, 0) is 17.7 Å². The van der Waals surface area contributed by atoms with Gasteiger partial charge >= 0.3 is 6.03 Å². The first-order valence-electron chi connectivity index (χ1n) is 5.71. The highest BCUT2D eigenvalue weighted by molar-refractivity contribution is 5.78. The molecule has 0 aliphatic carbocycles. The van der Waals surface area contributed by atoms with E-state index in [1.165, 1.54) is 5.56 Å². The molecule has 1 heterocycles. The number of fused-ring (bicyclic) bond motifs is 1. The number of hydrogen-bond donors (Lipinski definition) is 1. The fourth-order valence-electron chi connectivity index (χ4n) is 1.90. The maximum absolute atomic E-state index is 11.2. The van der Waals surface area contributed by atoms with Gasteiger partial charge in [-0.3, -0.25) is 0 Å². The summed E-state index contributed by atoms with van der Waals surface area (Å²) in [5.41, 5.74) is 2.02. The van der Waals surface area contributed by atoms with Gasteiger partial charge in [-0.25, -0.2) is 4.79 Å². The average Bonchev–Trinajstić information content (AvgIpc) is 2.78. The quantitative estimate of drug-likeness (QED) is 0.882. The van der Waals surface area contributed by atoms with Crippen LogP contribution in [0.5, 0.6) is 0 Å². The minimum atomic E-state index is -0.432. The summed E-state index contributed by atoms with van der Waals surface area (Å²) in [7, 11) is 0. The van der Waals surface area contributed by atoms with Crippen molar-refractivity contribution in [3.63, 3.8) is 0 Å². The number of urea groups is 1. The van der Waals surface area contributed by atoms with Gasteiger partial charge in [-0.1, -0.05) is 36.4 Å². The third-order valence-electron chi connectivity index (χ3n) is 2.76. The van der Waals surface area contributed by atoms with Crippen molar-refractivity contribution in [2.45, 2.75) is 6.54 Å². The molecule has 0 bridgehead atoms. The van der Waals surface area contributed by atoms with Crippen molar-refractivity contribution in [1.82, 2.24) is 0 Å². The minimum absolute atomic E-state index is 0.432. The van der Waals surface area contributed by atoms with Crippen LogP contribution < -0.4 is 16.0 Å². The van der Waals surface area contributed by atoms with Gasteiger partial charge in [-0.15, -0.1) is 0 Å². The first kappa shape index (κ1) is 10.7. The van der Waals surface area contributed by atoms with Crippen molar-refractivity contribution in [3.05, 3.63) is 64.8 Å². The van der Waals surface area contributed by atoms with Crippen molar-refractivity contribution in [1.29, 1.82) is 0 Å². The monoisotopic (exact) mass is 237 g/mol. The van der Waals surface area contributed by atoms with Crippen LogP contribution in [-0.4, -0.2) is 6.03 Å². The number of benzene rings is 2. The molecule has 1 N–H and O–H groups in total. The molecule has 4 heteroatoms. The molecule has 0 aromatic heterocycles. The molecular formula is C14H11N3O. The Labute approximate surface area is 104 Å². The van der Waals surface area contributed by atoms with Crippen molar-refractivity contribution in [3.8, 4) is 0 Å². The van der Waals surface area contributed by atoms with Gasteiger partial charge in [0, 0.05) is 6.54 Å². The Kier molecular flexibility index (Phi) is 2.61. The summed E-state index contributed by atoms with van der Waals surface area (Å²) in [5.74, 6) is 0. The van der Waals surface area contributed by atoms with Crippen LogP contribution in [0.3, 0.4) is 0 Å². The molecule has 4 nitrogen and oxygen atoms in total. The maximum atomic E-state index is 11.2. The summed E-state index contributed by atoms with van der Waals surface area (Å²) in [5, 5.41) is 4.55. The Balaban J connectivity index is 1.88. The van der Waals surface area contributed by atoms with Crippen molar-refractivity contribution in [2.24, 2.45) is 9.98 Å². The lowest BCUT2D eigenvalue weighted by molar-refractivity contribution is 0.256. The first-order valence-corrected chi connectivity index (χ1v) is 5.71. The smallest absolute Gasteiger partial charge is 0.368 e. The molecule has 0 unspecified atom stereocenters. The summed E-state index contributed by atoms with van der Waals surface area (Å²) in [4.78, 5) is 18.9. The molecule has 88 valence electrons. The van der Waals surface area contributed by atoms with E-state index in [4.69, 9.17) is 0 Å². The molecule has 2 aromatic rings. The van der Waals surface area contributed by atoms with E-state index in [1.54, 1.807) is 6.07 Å². The number of para-hydroxylation sites is 1. The summed E-state index contributed by atoms with van der Waals surface area (Å²) in [6.07, 6.45) is 0. The molecule has 0 radical (unpaired) electrons. The van der Waals surface area contributed by atoms with E-state index in [2.05, 4.69) is 15.3 Å². The zero-order valence-corrected chi connectivity index (χ0v) is 9.63. The van der Waals surface area contributed by atoms with Crippen LogP contribution in [0.1, 0.15) is 5.56 Å². The van der Waals surface area contributed by atoms with Gasteiger partial charge < -0.3 is 5.32 Å². The van der Waals surface area contributed by atoms with E-state index in [1.807, 2.05) is 42.5 Å². The van der Waals surface area contributed by atoms with Crippen LogP contribution in [0.4, 0.5) is 10.5 Å². The largest absolute Gasteiger partial charge is 0.379 e. The second kappa shape index (κ2) is 4.41. The Morgan fingerprint density at radius 1 is 0.944 bits per heavy atom. The number of amides is 2. The van der Waals surface area contributed by atoms with Gasteiger partial charge in [0.25, 0.3) is 0 Å². The van der Waals surface area contributed by atoms with E-state index in [0.717, 1.165) is 5.69 Å². The van der Waals surface area contributed by atoms with Crippen molar-refractivity contribution in [2.75, 3.05) is 5.32 Å². The Morgan fingerprint density at radius 3 is 2.61 bits per heavy atom. The number of carbonyl (C=O) groups excluding carboxylic acids is 1. The third-order valence-corrected chi connectivity index (χ3v) is 2.76. The maximum Gasteiger partial charge on any atom is 0.368 e. The summed E-state index contributed by atoms with van der Waals surface area (Å²) in [6, 6.07) is 15.2. The molecule has 3 rings (SSSR count). The lowest BCUT2D eigenvalue weighted by atomic mass is 10.2. The molecule has 0 fully saturated rings. The van der Waals surface area contributed by atoms with Gasteiger partial charge in [0.1, 0.15) is 5.36 Å². The van der Waals surface area contributed by atoms with Crippen LogP contribution in [-0.2, 0) is 6.54 Å². The molecular weight excluding hydrogens is 226 g/mol. The second-order valence-electron chi connectivity index (χ2n) is 4.02. The van der Waals surface area contributed by atoms with Gasteiger partial charge in [0.15, 0.2) is 0 Å². The number of carbonyl (C=O) groups is 1. The third kappa shape index (κ3) is 2.00. The number of nitrogens with zero attached hydrogens (tertiary/aromatic N) is 2. The summed E-state index contributed by atoms with van der Waals surface area (Å²) >= 11 is 0. The van der Waals surface area contributed by atoms with Crippen LogP contribution in [0.2, 0.25) is 0 Å². The highest BCUT2D eigenvalue weighted by Gasteiger charge is 2.08. The number of nitrogens with one attached hydrogen (secondary N) is 1. The van der Waals surface area contributed by atoms with Gasteiger partial charge in [-0.2, -0.15) is 9.98 Å². The summed E-state index contributed by atoms with van der Waals surface area (Å²) < 4.78 is 0. The zero-order chi connectivity index (χ0) is 12.4. The van der Waals surface area contributed by atoms with Crippen molar-refractivity contribution < 1.29 is 4.79 Å². The lowest BCUT2D eigenvalue weighted by Gasteiger charge is -2.05. The first-order chi connectivity index (χ1) is 8.83. The predicted molar refractivity (Wildman–Crippen MR) is 67.9 cm³/mol. The minimum Gasteiger partial charge on any atom is -0.379 e. The highest BCUT2D eigenvalue weighted by atomic mass is 16.2. The fraction of sp³-hybridized carbons (Fsp3) is 0.0714. The van der Waals surface area contributed by atoms with E-state index >= 15 is 0 Å². The molecule has 2 amide bonds. The molecule has 0 atom stereocenters. The molecule has 0 saturated heterocycles. The topological polar surface area (TPSA) is 53.8 Å². The van der Waals surface area contributed by atoms with Gasteiger partial charge in [0.05, 0.1) is 11.0 Å². The number of rotatable bonds is 3. The predicted octanol–water partition coefficient (Wildman–Crippen LogP) is 1.67. The van der Waals surface area contributed by atoms with Crippen LogP contribution >= 0.6 is 0 Å². The van der Waals surface area contributed by atoms with E-state index in [-0.39, 0.29) is 0 Å². The van der Waals surface area contributed by atoms with Crippen LogP contribution in [0.15, 0.2) is 58.5 Å². The van der Waals surface area contributed by atoms with Crippen LogP contribution in [0.25, 0.3) is 0 Å². The average molecular weight is 237 g/mol. The molecule has 1 aliphatic rings. The normalized spacial score (nSPS) is 12.6. The van der Waals surface area contributed by atoms with E-state index < -0.39 is 6.03 Å². The molecule has 2 aromatic carbocycles. The number of hydrogen-bond acceptors (Lipinski definition) is 2. The Morgan fingerprint density at radius 2 is 1.78 bits per heavy atom. The molecule has 1 aliphatic heterocycles. The highest BCUT2D eigenvalue weighted by Crippen LogP contribution is 2.04. The molecule has 0 spiro atoms. The molecule has 0 saturated carbocycles. The van der Waals surface area contributed by atoms with E-state index in [9.17, 15) is 4.79 Å². The lowest BCUT2D eigenvalue weighted by Crippen LogP contribution is -2.25. The summed E-state index contributed by atoms with van der Waals surface area (Å²) in [6.45, 7) is 0.695. The van der Waals surface area contributed by atoms with Crippen LogP contribution in [0, 0.1) is 0 Å². The van der Waals surface area contributed by atoms with Crippen molar-refractivity contribution >= 4 is 11.7 Å². The SMILES string of the molecule is O=C1N=c2cccc(NCc3ccccc3)c2=N1. The number of anilines is 1. The van der Waals surface area contributed by atoms with Gasteiger partial charge in [0.2, 0.25) is 0 Å². The Bertz CT molecular complexity index is 708. The standard InChI is InChI=1S/C14H11N3O/c18-14-16-12-8-4-7-11(13(12)17-14)15-9-10-5-2-1-3-6-10/h1-8,15H,9H2. The Hall–Kier alpha value is -2.49. The fourth-order valence-corrected chi connectivity index (χ4v) is 1.90. The molecule has 18 heavy (non-hydrogen) atoms. The van der Waals surface area contributed by atoms with E-state index in [0.29, 0.717) is 17.3 Å². The second-order valence-corrected chi connectivity index (χ2v) is 4.02. The zero-order valence-electron chi connectivity index (χ0n) is 9.63.